The van der Waals surface area contributed by atoms with Crippen molar-refractivity contribution in [2.24, 2.45) is 0 Å². The first kappa shape index (κ1) is 18.5. The van der Waals surface area contributed by atoms with Crippen molar-refractivity contribution in [2.45, 2.75) is 33.2 Å². The lowest BCUT2D eigenvalue weighted by Gasteiger charge is -2.20. The van der Waals surface area contributed by atoms with Crippen molar-refractivity contribution in [3.8, 4) is 0 Å². The molecule has 2 aromatic rings. The van der Waals surface area contributed by atoms with Gasteiger partial charge in [-0.15, -0.1) is 0 Å². The van der Waals surface area contributed by atoms with Crippen LogP contribution in [0, 0.1) is 6.92 Å². The Hall–Kier alpha value is -2.88. The maximum atomic E-state index is 12.2. The molecule has 0 saturated heterocycles. The number of hydrogen-bond donors (Lipinski definition) is 2. The van der Waals surface area contributed by atoms with Gasteiger partial charge in [-0.2, -0.15) is 0 Å². The van der Waals surface area contributed by atoms with E-state index in [0.29, 0.717) is 11.3 Å². The van der Waals surface area contributed by atoms with Gasteiger partial charge in [0.1, 0.15) is 0 Å². The zero-order valence-electron chi connectivity index (χ0n) is 15.1. The van der Waals surface area contributed by atoms with E-state index >= 15 is 0 Å². The smallest absolute Gasteiger partial charge is 0.251 e. The molecule has 25 heavy (non-hydrogen) atoms. The summed E-state index contributed by atoms with van der Waals surface area (Å²) >= 11 is 0. The van der Waals surface area contributed by atoms with E-state index in [2.05, 4.69) is 10.6 Å². The Morgan fingerprint density at radius 1 is 1.00 bits per heavy atom. The molecule has 2 aromatic carbocycles. The van der Waals surface area contributed by atoms with Crippen molar-refractivity contribution in [3.63, 3.8) is 0 Å². The second-order valence-corrected chi connectivity index (χ2v) is 7.02. The van der Waals surface area contributed by atoms with Crippen LogP contribution in [0.15, 0.2) is 54.6 Å². The molecule has 4 nitrogen and oxygen atoms in total. The molecule has 0 aliphatic heterocycles. The fourth-order valence-electron chi connectivity index (χ4n) is 2.18. The number of benzene rings is 2. The van der Waals surface area contributed by atoms with E-state index in [1.807, 2.05) is 52.0 Å². The van der Waals surface area contributed by atoms with Crippen LogP contribution < -0.4 is 10.6 Å². The molecule has 0 fully saturated rings. The van der Waals surface area contributed by atoms with Crippen LogP contribution in [0.25, 0.3) is 6.08 Å². The normalized spacial score (nSPS) is 11.4. The highest BCUT2D eigenvalue weighted by Gasteiger charge is 2.15. The Labute approximate surface area is 149 Å². The summed E-state index contributed by atoms with van der Waals surface area (Å²) in [5, 5.41) is 5.68. The van der Waals surface area contributed by atoms with Gasteiger partial charge in [0.05, 0.1) is 0 Å². The maximum Gasteiger partial charge on any atom is 0.251 e. The summed E-state index contributed by atoms with van der Waals surface area (Å²) in [6.45, 7) is 7.79. The number of carbonyl (C=O) groups is 2. The van der Waals surface area contributed by atoms with Gasteiger partial charge in [0.25, 0.3) is 5.91 Å². The van der Waals surface area contributed by atoms with Gasteiger partial charge in [0.15, 0.2) is 0 Å². The molecule has 2 amide bonds. The summed E-state index contributed by atoms with van der Waals surface area (Å²) in [5.74, 6) is -0.409. The Morgan fingerprint density at radius 3 is 2.32 bits per heavy atom. The quantitative estimate of drug-likeness (QED) is 0.823. The predicted octanol–water partition coefficient (Wildman–Crippen LogP) is 4.18. The lowest BCUT2D eigenvalue weighted by molar-refractivity contribution is -0.111. The Bertz CT molecular complexity index is 784. The second-order valence-electron chi connectivity index (χ2n) is 7.02. The van der Waals surface area contributed by atoms with Gasteiger partial charge >= 0.3 is 0 Å². The van der Waals surface area contributed by atoms with E-state index in [1.165, 1.54) is 11.6 Å². The third kappa shape index (κ3) is 6.26. The van der Waals surface area contributed by atoms with Crippen LogP contribution in [-0.4, -0.2) is 17.4 Å². The SMILES string of the molecule is Cc1ccc(/C=C/C(=O)Nc2cccc(C(=O)NC(C)(C)C)c2)cc1. The summed E-state index contributed by atoms with van der Waals surface area (Å²) in [6, 6.07) is 14.8. The van der Waals surface area contributed by atoms with Gasteiger partial charge in [-0.25, -0.2) is 0 Å². The number of rotatable bonds is 4. The molecule has 2 N–H and O–H groups in total. The minimum Gasteiger partial charge on any atom is -0.347 e. The number of nitrogens with one attached hydrogen (secondary N) is 2. The molecule has 0 aliphatic carbocycles. The fourth-order valence-corrected chi connectivity index (χ4v) is 2.18. The molecule has 0 bridgehead atoms. The molecule has 0 radical (unpaired) electrons. The molecule has 0 atom stereocenters. The van der Waals surface area contributed by atoms with Crippen LogP contribution in [0.3, 0.4) is 0 Å². The van der Waals surface area contributed by atoms with Crippen LogP contribution in [0.2, 0.25) is 0 Å². The van der Waals surface area contributed by atoms with Crippen LogP contribution >= 0.6 is 0 Å². The second kappa shape index (κ2) is 7.79. The molecule has 0 aliphatic rings. The Balaban J connectivity index is 2.02. The average Bonchev–Trinajstić information content (AvgIpc) is 2.53. The molecule has 2 rings (SSSR count). The topological polar surface area (TPSA) is 58.2 Å². The van der Waals surface area contributed by atoms with Crippen molar-refractivity contribution < 1.29 is 9.59 Å². The lowest BCUT2D eigenvalue weighted by atomic mass is 10.1. The zero-order chi connectivity index (χ0) is 18.4. The predicted molar refractivity (Wildman–Crippen MR) is 103 cm³/mol. The Morgan fingerprint density at radius 2 is 1.68 bits per heavy atom. The minimum absolute atomic E-state index is 0.168. The highest BCUT2D eigenvalue weighted by atomic mass is 16.2. The van der Waals surface area contributed by atoms with Crippen molar-refractivity contribution in [2.75, 3.05) is 5.32 Å². The number of anilines is 1. The van der Waals surface area contributed by atoms with Crippen molar-refractivity contribution >= 4 is 23.6 Å². The van der Waals surface area contributed by atoms with Gasteiger partial charge in [-0.3, -0.25) is 9.59 Å². The summed E-state index contributed by atoms with van der Waals surface area (Å²) in [7, 11) is 0. The van der Waals surface area contributed by atoms with E-state index in [0.717, 1.165) is 5.56 Å². The monoisotopic (exact) mass is 336 g/mol. The standard InChI is InChI=1S/C21H24N2O2/c1-15-8-10-16(11-9-15)12-13-19(24)22-18-7-5-6-17(14-18)20(25)23-21(2,3)4/h5-14H,1-4H3,(H,22,24)(H,23,25)/b13-12+. The fraction of sp³-hybridized carbons (Fsp3) is 0.238. The molecule has 0 saturated carbocycles. The molecular weight excluding hydrogens is 312 g/mol. The molecular formula is C21H24N2O2. The molecule has 0 aromatic heterocycles. The van der Waals surface area contributed by atoms with E-state index in [1.54, 1.807) is 30.3 Å². The molecule has 130 valence electrons. The van der Waals surface area contributed by atoms with Gasteiger partial charge < -0.3 is 10.6 Å². The number of hydrogen-bond acceptors (Lipinski definition) is 2. The molecule has 0 unspecified atom stereocenters. The van der Waals surface area contributed by atoms with Crippen LogP contribution in [0.1, 0.15) is 42.3 Å². The first-order valence-electron chi connectivity index (χ1n) is 8.21. The average molecular weight is 336 g/mol. The Kier molecular flexibility index (Phi) is 5.75. The lowest BCUT2D eigenvalue weighted by Crippen LogP contribution is -2.40. The number of carbonyl (C=O) groups excluding carboxylic acids is 2. The largest absolute Gasteiger partial charge is 0.347 e. The summed E-state index contributed by atoms with van der Waals surface area (Å²) in [4.78, 5) is 24.3. The van der Waals surface area contributed by atoms with Gasteiger partial charge in [0.2, 0.25) is 5.91 Å². The number of aryl methyl sites for hydroxylation is 1. The van der Waals surface area contributed by atoms with Gasteiger partial charge in [-0.1, -0.05) is 35.9 Å². The van der Waals surface area contributed by atoms with Crippen molar-refractivity contribution in [1.82, 2.24) is 5.32 Å². The molecule has 0 heterocycles. The summed E-state index contributed by atoms with van der Waals surface area (Å²) < 4.78 is 0. The molecule has 4 heteroatoms. The third-order valence-corrected chi connectivity index (χ3v) is 3.39. The molecule has 0 spiro atoms. The van der Waals surface area contributed by atoms with Gasteiger partial charge in [0, 0.05) is 22.9 Å². The van der Waals surface area contributed by atoms with Crippen molar-refractivity contribution in [3.05, 3.63) is 71.3 Å². The van der Waals surface area contributed by atoms with E-state index in [9.17, 15) is 9.59 Å². The van der Waals surface area contributed by atoms with E-state index in [-0.39, 0.29) is 17.4 Å². The zero-order valence-corrected chi connectivity index (χ0v) is 15.1. The first-order valence-corrected chi connectivity index (χ1v) is 8.21. The first-order chi connectivity index (χ1) is 11.7. The van der Waals surface area contributed by atoms with Crippen LogP contribution in [0.5, 0.6) is 0 Å². The highest BCUT2D eigenvalue weighted by molar-refractivity contribution is 6.03. The minimum atomic E-state index is -0.312. The maximum absolute atomic E-state index is 12.2. The van der Waals surface area contributed by atoms with E-state index < -0.39 is 0 Å². The van der Waals surface area contributed by atoms with Crippen LogP contribution in [0.4, 0.5) is 5.69 Å². The summed E-state index contributed by atoms with van der Waals surface area (Å²) in [6.07, 6.45) is 3.23. The van der Waals surface area contributed by atoms with E-state index in [4.69, 9.17) is 0 Å². The van der Waals surface area contributed by atoms with Crippen LogP contribution in [-0.2, 0) is 4.79 Å². The highest BCUT2D eigenvalue weighted by Crippen LogP contribution is 2.13. The third-order valence-electron chi connectivity index (χ3n) is 3.39. The number of amides is 2. The summed E-state index contributed by atoms with van der Waals surface area (Å²) in [5.41, 5.74) is 2.91. The van der Waals surface area contributed by atoms with Crippen molar-refractivity contribution in [1.29, 1.82) is 0 Å². The van der Waals surface area contributed by atoms with Gasteiger partial charge in [-0.05, 0) is 57.5 Å².